The van der Waals surface area contributed by atoms with Crippen LogP contribution in [0.15, 0.2) is 0 Å². The Morgan fingerprint density at radius 3 is 1.88 bits per heavy atom. The van der Waals surface area contributed by atoms with Crippen LogP contribution in [-0.2, 0) is 43.2 Å². The third-order valence-electron chi connectivity index (χ3n) is 10.4. The molecule has 3 heterocycles. The smallest absolute Gasteiger partial charge is 0.322 e. The number of hydrogen-bond acceptors (Lipinski definition) is 14. The van der Waals surface area contributed by atoms with Crippen molar-refractivity contribution in [3.05, 3.63) is 0 Å². The largest absolute Gasteiger partial charge is 0.481 e. The van der Waals surface area contributed by atoms with Crippen molar-refractivity contribution in [2.75, 3.05) is 45.8 Å². The minimum Gasteiger partial charge on any atom is -0.481 e. The zero-order valence-corrected chi connectivity index (χ0v) is 33.1. The first kappa shape index (κ1) is 48.4. The molecule has 3 aliphatic heterocycles. The number of likely N-dealkylation sites (tertiary alicyclic amines) is 2. The summed E-state index contributed by atoms with van der Waals surface area (Å²) in [6.45, 7) is -0.546. The number of amides is 7. The molecule has 3 saturated heterocycles. The van der Waals surface area contributed by atoms with Crippen molar-refractivity contribution in [1.82, 2.24) is 41.7 Å². The molecule has 0 bridgehead atoms. The normalized spacial score (nSPS) is 22.8. The maximum Gasteiger partial charge on any atom is 0.322 e. The summed E-state index contributed by atoms with van der Waals surface area (Å²) in [6, 6.07) is -6.93. The van der Waals surface area contributed by atoms with Gasteiger partial charge in [-0.05, 0) is 77.3 Å². The van der Waals surface area contributed by atoms with E-state index in [4.69, 9.17) is 16.6 Å². The molecule has 0 aromatic heterocycles. The van der Waals surface area contributed by atoms with Gasteiger partial charge in [-0.25, -0.2) is 0 Å². The van der Waals surface area contributed by atoms with Crippen LogP contribution in [-0.4, -0.2) is 178 Å². The molecule has 23 nitrogen and oxygen atoms in total. The second-order valence-electron chi connectivity index (χ2n) is 15.0. The molecule has 23 heteroatoms. The molecule has 0 saturated carbocycles. The summed E-state index contributed by atoms with van der Waals surface area (Å²) in [5.74, 6) is -7.62. The molecule has 0 spiro atoms. The van der Waals surface area contributed by atoms with E-state index in [2.05, 4.69) is 31.9 Å². The number of aliphatic hydroxyl groups excluding tert-OH is 2. The fourth-order valence-electron chi connectivity index (χ4n) is 7.30. The Morgan fingerprint density at radius 2 is 1.31 bits per heavy atom. The van der Waals surface area contributed by atoms with Crippen molar-refractivity contribution in [2.45, 2.75) is 126 Å². The van der Waals surface area contributed by atoms with Gasteiger partial charge in [-0.1, -0.05) is 0 Å². The topological polar surface area (TPSA) is 365 Å². The molecule has 3 rings (SSSR count). The molecule has 0 aromatic carbocycles. The molecule has 0 radical (unpaired) electrons. The molecule has 7 amide bonds. The Hall–Kier alpha value is -4.97. The van der Waals surface area contributed by atoms with Gasteiger partial charge < -0.3 is 73.6 Å². The van der Waals surface area contributed by atoms with Crippen molar-refractivity contribution in [2.24, 2.45) is 11.5 Å². The first-order chi connectivity index (χ1) is 28.1. The third kappa shape index (κ3) is 15.3. The van der Waals surface area contributed by atoms with Crippen molar-refractivity contribution in [3.63, 3.8) is 0 Å². The molecule has 8 atom stereocenters. The van der Waals surface area contributed by atoms with Crippen molar-refractivity contribution >= 4 is 53.3 Å². The van der Waals surface area contributed by atoms with Crippen LogP contribution < -0.4 is 43.4 Å². The Kier molecular flexibility index (Phi) is 19.8. The van der Waals surface area contributed by atoms with Crippen LogP contribution in [0.25, 0.3) is 0 Å². The molecule has 3 aliphatic rings. The van der Waals surface area contributed by atoms with Crippen molar-refractivity contribution in [3.8, 4) is 0 Å². The molecular weight excluding hydrogens is 780 g/mol. The van der Waals surface area contributed by atoms with Gasteiger partial charge >= 0.3 is 11.9 Å². The fraction of sp³-hybridized carbons (Fsp3) is 0.750. The summed E-state index contributed by atoms with van der Waals surface area (Å²) >= 11 is 0. The van der Waals surface area contributed by atoms with Crippen molar-refractivity contribution < 1.29 is 63.6 Å². The Labute approximate surface area is 341 Å². The molecular formula is C36H60N10O13. The van der Waals surface area contributed by atoms with E-state index in [0.717, 1.165) is 0 Å². The number of nitrogens with two attached hydrogens (primary N) is 2. The van der Waals surface area contributed by atoms with E-state index in [1.807, 2.05) is 0 Å². The van der Waals surface area contributed by atoms with E-state index >= 15 is 0 Å². The van der Waals surface area contributed by atoms with E-state index < -0.39 is 121 Å². The Balaban J connectivity index is 1.77. The number of carboxylic acids is 2. The molecule has 59 heavy (non-hydrogen) atoms. The Bertz CT molecular complexity index is 1520. The monoisotopic (exact) mass is 840 g/mol. The number of nitrogens with one attached hydrogen (secondary N) is 6. The van der Waals surface area contributed by atoms with E-state index in [0.29, 0.717) is 32.1 Å². The second-order valence-corrected chi connectivity index (χ2v) is 15.0. The summed E-state index contributed by atoms with van der Waals surface area (Å²) in [5.41, 5.74) is 11.4. The first-order valence-corrected chi connectivity index (χ1v) is 20.1. The summed E-state index contributed by atoms with van der Waals surface area (Å²) < 4.78 is 0. The lowest BCUT2D eigenvalue weighted by atomic mass is 10.0. The average molecular weight is 841 g/mol. The van der Waals surface area contributed by atoms with Crippen LogP contribution in [0, 0.1) is 0 Å². The van der Waals surface area contributed by atoms with Gasteiger partial charge in [-0.2, -0.15) is 0 Å². The van der Waals surface area contributed by atoms with Crippen LogP contribution >= 0.6 is 0 Å². The number of aliphatic hydroxyl groups is 2. The highest BCUT2D eigenvalue weighted by Crippen LogP contribution is 2.23. The minimum absolute atomic E-state index is 0.0358. The lowest BCUT2D eigenvalue weighted by molar-refractivity contribution is -0.143. The predicted octanol–water partition coefficient (Wildman–Crippen LogP) is -5.44. The average Bonchev–Trinajstić information content (AvgIpc) is 3.96. The number of β-amino-alcohol motifs (C(OH)–C–C–N with tert-alkyl or cyclic N) is 2. The molecule has 0 aromatic rings. The van der Waals surface area contributed by atoms with Crippen LogP contribution in [0.4, 0.5) is 0 Å². The SMILES string of the molecule is NCCCC[C@H](NC(=O)[C@H](CCCCN)NC(=O)[C@@H]1C[C@@H](O)CN1C(=O)[C@@H]1C[C@@H](O)CN1)C(=O)N[C@@H](CCC(=O)O)C(=O)N1CCC[C@H]1C(=O)NCC(=O)NCC(=O)O. The number of aliphatic carboxylic acids is 2. The van der Waals surface area contributed by atoms with Gasteiger partial charge in [-0.3, -0.25) is 43.2 Å². The summed E-state index contributed by atoms with van der Waals surface area (Å²) in [7, 11) is 0. The highest BCUT2D eigenvalue weighted by Gasteiger charge is 2.44. The van der Waals surface area contributed by atoms with E-state index in [9.17, 15) is 58.5 Å². The van der Waals surface area contributed by atoms with E-state index in [-0.39, 0.29) is 71.2 Å². The van der Waals surface area contributed by atoms with E-state index in [1.165, 1.54) is 9.80 Å². The van der Waals surface area contributed by atoms with Crippen LogP contribution in [0.2, 0.25) is 0 Å². The predicted molar refractivity (Wildman–Crippen MR) is 205 cm³/mol. The molecule has 332 valence electrons. The maximum atomic E-state index is 13.9. The number of carbonyl (C=O) groups excluding carboxylic acids is 7. The third-order valence-corrected chi connectivity index (χ3v) is 10.4. The number of unbranched alkanes of at least 4 members (excludes halogenated alkanes) is 2. The van der Waals surface area contributed by atoms with Crippen LogP contribution in [0.3, 0.4) is 0 Å². The van der Waals surface area contributed by atoms with Gasteiger partial charge in [-0.15, -0.1) is 0 Å². The number of carboxylic acid groups (broad SMARTS) is 2. The van der Waals surface area contributed by atoms with Gasteiger partial charge in [0.25, 0.3) is 0 Å². The van der Waals surface area contributed by atoms with Crippen LogP contribution in [0.1, 0.15) is 77.0 Å². The number of carbonyl (C=O) groups is 9. The van der Waals surface area contributed by atoms with Gasteiger partial charge in [0.15, 0.2) is 0 Å². The summed E-state index contributed by atoms with van der Waals surface area (Å²) in [4.78, 5) is 118. The number of nitrogens with zero attached hydrogens (tertiary/aromatic N) is 2. The van der Waals surface area contributed by atoms with Gasteiger partial charge in [0, 0.05) is 32.5 Å². The fourth-order valence-corrected chi connectivity index (χ4v) is 7.30. The molecule has 3 fully saturated rings. The zero-order valence-electron chi connectivity index (χ0n) is 33.1. The summed E-state index contributed by atoms with van der Waals surface area (Å²) in [5, 5.41) is 53.8. The minimum atomic E-state index is -1.45. The first-order valence-electron chi connectivity index (χ1n) is 20.1. The molecule has 14 N–H and O–H groups in total. The van der Waals surface area contributed by atoms with Crippen molar-refractivity contribution in [1.29, 1.82) is 0 Å². The summed E-state index contributed by atoms with van der Waals surface area (Å²) in [6.07, 6.45) is -0.273. The standard InChI is InChI=1S/C36H60N10O13/c37-11-3-1-6-22(32(55)44-24(9-10-29(50)51)35(58)45-13-5-8-26(45)33(56)41-17-28(49)40-18-30(52)53)42-31(54)23(7-2-4-12-38)43-34(57)27-15-21(48)19-46(27)36(59)25-14-20(47)16-39-25/h20-27,39,47-48H,1-19,37-38H2,(H,40,49)(H,41,56)(H,42,54)(H,43,57)(H,44,55)(H,50,51)(H,52,53)/t20-,21-,22+,23+,24+,25+,26+,27+/m1/s1. The van der Waals surface area contributed by atoms with E-state index in [1.54, 1.807) is 0 Å². The lowest BCUT2D eigenvalue weighted by Gasteiger charge is -2.30. The quantitative estimate of drug-likeness (QED) is 0.0404. The lowest BCUT2D eigenvalue weighted by Crippen LogP contribution is -2.59. The van der Waals surface area contributed by atoms with Crippen LogP contribution in [0.5, 0.6) is 0 Å². The van der Waals surface area contributed by atoms with Gasteiger partial charge in [0.1, 0.15) is 36.8 Å². The number of rotatable bonds is 24. The second kappa shape index (κ2) is 24.2. The zero-order chi connectivity index (χ0) is 43.6. The molecule has 0 unspecified atom stereocenters. The van der Waals surface area contributed by atoms with Gasteiger partial charge in [0.05, 0.1) is 24.8 Å². The highest BCUT2D eigenvalue weighted by atomic mass is 16.4. The maximum absolute atomic E-state index is 13.9. The Morgan fingerprint density at radius 1 is 0.678 bits per heavy atom. The highest BCUT2D eigenvalue weighted by molar-refractivity contribution is 5.97. The van der Waals surface area contributed by atoms with Gasteiger partial charge in [0.2, 0.25) is 41.4 Å². The number of hydrogen-bond donors (Lipinski definition) is 12. The molecule has 0 aliphatic carbocycles.